The smallest absolute Gasteiger partial charge is 0.306 e. The lowest BCUT2D eigenvalue weighted by atomic mass is 9.58. The van der Waals surface area contributed by atoms with E-state index in [0.29, 0.717) is 17.9 Å². The van der Waals surface area contributed by atoms with Crippen LogP contribution in [0.15, 0.2) is 0 Å². The van der Waals surface area contributed by atoms with E-state index in [4.69, 9.17) is 5.11 Å². The highest BCUT2D eigenvalue weighted by molar-refractivity contribution is 5.85. The Morgan fingerprint density at radius 3 is 2.29 bits per heavy atom. The molecule has 0 aromatic rings. The van der Waals surface area contributed by atoms with E-state index in [2.05, 4.69) is 5.32 Å². The third kappa shape index (κ3) is 1.75. The van der Waals surface area contributed by atoms with Crippen LogP contribution >= 0.6 is 12.4 Å². The predicted octanol–water partition coefficient (Wildman–Crippen LogP) is 1.52. The molecule has 2 rings (SSSR count). The van der Waals surface area contributed by atoms with Crippen molar-refractivity contribution in [1.82, 2.24) is 5.32 Å². The second-order valence-electron chi connectivity index (χ2n) is 4.32. The number of nitrogens with one attached hydrogen (secondary N) is 1. The Labute approximate surface area is 90.7 Å². The molecule has 4 atom stereocenters. The van der Waals surface area contributed by atoms with Crippen LogP contribution in [0.5, 0.6) is 0 Å². The lowest BCUT2D eigenvalue weighted by molar-refractivity contribution is -0.149. The maximum atomic E-state index is 10.9. The van der Waals surface area contributed by atoms with Gasteiger partial charge < -0.3 is 10.4 Å². The Morgan fingerprint density at radius 1 is 1.21 bits per heavy atom. The molecule has 2 aliphatic rings. The average Bonchev–Trinajstić information content (AvgIpc) is 2.05. The number of carboxylic acids is 1. The molecule has 0 aliphatic heterocycles. The molecule has 0 saturated heterocycles. The number of hydrogen-bond donors (Lipinski definition) is 2. The van der Waals surface area contributed by atoms with Crippen LogP contribution in [0.3, 0.4) is 0 Å². The summed E-state index contributed by atoms with van der Waals surface area (Å²) in [5.41, 5.74) is 0. The predicted molar refractivity (Wildman–Crippen MR) is 56.7 cm³/mol. The number of halogens is 1. The third-order valence-corrected chi connectivity index (χ3v) is 3.89. The minimum absolute atomic E-state index is 0. The molecule has 2 fully saturated rings. The fourth-order valence-electron chi connectivity index (χ4n) is 3.00. The van der Waals surface area contributed by atoms with E-state index in [1.54, 1.807) is 0 Å². The normalized spacial score (nSPS) is 40.4. The van der Waals surface area contributed by atoms with Crippen LogP contribution in [0, 0.1) is 17.8 Å². The van der Waals surface area contributed by atoms with Crippen LogP contribution in [0.1, 0.15) is 25.7 Å². The van der Waals surface area contributed by atoms with Gasteiger partial charge in [-0.2, -0.15) is 0 Å². The van der Waals surface area contributed by atoms with Crippen molar-refractivity contribution >= 4 is 18.4 Å². The molecule has 0 bridgehead atoms. The Bertz CT molecular complexity index is 222. The van der Waals surface area contributed by atoms with Crippen LogP contribution in [0.25, 0.3) is 0 Å². The summed E-state index contributed by atoms with van der Waals surface area (Å²) >= 11 is 0. The molecule has 3 nitrogen and oxygen atoms in total. The first-order chi connectivity index (χ1) is 6.24. The highest BCUT2D eigenvalue weighted by Crippen LogP contribution is 2.48. The first-order valence-corrected chi connectivity index (χ1v) is 5.14. The second kappa shape index (κ2) is 4.49. The first kappa shape index (κ1) is 11.8. The topological polar surface area (TPSA) is 49.3 Å². The van der Waals surface area contributed by atoms with E-state index in [1.165, 1.54) is 6.42 Å². The summed E-state index contributed by atoms with van der Waals surface area (Å²) in [6, 6.07) is 0.578. The molecule has 0 radical (unpaired) electrons. The van der Waals surface area contributed by atoms with Crippen molar-refractivity contribution < 1.29 is 9.90 Å². The zero-order valence-corrected chi connectivity index (χ0v) is 9.22. The third-order valence-electron chi connectivity index (χ3n) is 3.89. The van der Waals surface area contributed by atoms with Crippen molar-refractivity contribution in [2.45, 2.75) is 31.7 Å². The SMILES string of the molecule is CNC1CCC(C(=O)O)C2CCC12.Cl. The lowest BCUT2D eigenvalue weighted by Gasteiger charge is -2.48. The molecule has 0 spiro atoms. The highest BCUT2D eigenvalue weighted by Gasteiger charge is 2.46. The minimum atomic E-state index is -0.579. The molecule has 0 aromatic carbocycles. The standard InChI is InChI=1S/C10H17NO2.ClH/c1-11-9-5-4-8(10(12)13)6-2-3-7(6)9;/h6-9,11H,2-5H2,1H3,(H,12,13);1H. The van der Waals surface area contributed by atoms with Gasteiger partial charge in [-0.3, -0.25) is 4.79 Å². The number of rotatable bonds is 2. The summed E-state index contributed by atoms with van der Waals surface area (Å²) in [5.74, 6) is 0.469. The molecule has 82 valence electrons. The van der Waals surface area contributed by atoms with Crippen molar-refractivity contribution in [3.05, 3.63) is 0 Å². The molecule has 0 aromatic heterocycles. The zero-order valence-electron chi connectivity index (χ0n) is 8.40. The van der Waals surface area contributed by atoms with Crippen LogP contribution in [0.2, 0.25) is 0 Å². The van der Waals surface area contributed by atoms with Gasteiger partial charge >= 0.3 is 5.97 Å². The summed E-state index contributed by atoms with van der Waals surface area (Å²) in [6.07, 6.45) is 4.25. The fourth-order valence-corrected chi connectivity index (χ4v) is 3.00. The van der Waals surface area contributed by atoms with Crippen molar-refractivity contribution in [3.8, 4) is 0 Å². The van der Waals surface area contributed by atoms with Gasteiger partial charge in [0, 0.05) is 6.04 Å². The Kier molecular flexibility index (Phi) is 3.78. The lowest BCUT2D eigenvalue weighted by Crippen LogP contribution is -2.51. The maximum absolute atomic E-state index is 10.9. The van der Waals surface area contributed by atoms with E-state index in [9.17, 15) is 4.79 Å². The summed E-state index contributed by atoms with van der Waals surface area (Å²) in [7, 11) is 1.99. The summed E-state index contributed by atoms with van der Waals surface area (Å²) in [4.78, 5) is 10.9. The van der Waals surface area contributed by atoms with Crippen LogP contribution < -0.4 is 5.32 Å². The molecular formula is C10H18ClNO2. The van der Waals surface area contributed by atoms with E-state index in [0.717, 1.165) is 19.3 Å². The molecule has 4 unspecified atom stereocenters. The van der Waals surface area contributed by atoms with E-state index in [-0.39, 0.29) is 18.3 Å². The van der Waals surface area contributed by atoms with Gasteiger partial charge in [0.05, 0.1) is 5.92 Å². The molecule has 0 amide bonds. The number of fused-ring (bicyclic) bond motifs is 1. The van der Waals surface area contributed by atoms with Crippen LogP contribution in [-0.4, -0.2) is 24.2 Å². The Balaban J connectivity index is 0.000000980. The van der Waals surface area contributed by atoms with Gasteiger partial charge in [-0.05, 0) is 44.6 Å². The molecule has 2 N–H and O–H groups in total. The first-order valence-electron chi connectivity index (χ1n) is 5.14. The summed E-state index contributed by atoms with van der Waals surface area (Å²) in [6.45, 7) is 0. The van der Waals surface area contributed by atoms with Gasteiger partial charge in [-0.25, -0.2) is 0 Å². The van der Waals surface area contributed by atoms with Gasteiger partial charge in [-0.15, -0.1) is 12.4 Å². The van der Waals surface area contributed by atoms with Crippen molar-refractivity contribution in [2.75, 3.05) is 7.05 Å². The largest absolute Gasteiger partial charge is 0.481 e. The number of carbonyl (C=O) groups is 1. The summed E-state index contributed by atoms with van der Waals surface area (Å²) in [5, 5.41) is 12.3. The van der Waals surface area contributed by atoms with Crippen LogP contribution in [-0.2, 0) is 4.79 Å². The van der Waals surface area contributed by atoms with Gasteiger partial charge in [0.1, 0.15) is 0 Å². The quantitative estimate of drug-likeness (QED) is 0.741. The van der Waals surface area contributed by atoms with E-state index in [1.807, 2.05) is 7.05 Å². The number of aliphatic carboxylic acids is 1. The van der Waals surface area contributed by atoms with E-state index < -0.39 is 5.97 Å². The van der Waals surface area contributed by atoms with Crippen molar-refractivity contribution in [2.24, 2.45) is 17.8 Å². The molecule has 0 heterocycles. The monoisotopic (exact) mass is 219 g/mol. The highest BCUT2D eigenvalue weighted by atomic mass is 35.5. The molecule has 14 heavy (non-hydrogen) atoms. The van der Waals surface area contributed by atoms with Gasteiger partial charge in [0.15, 0.2) is 0 Å². The Morgan fingerprint density at radius 2 is 1.86 bits per heavy atom. The van der Waals surface area contributed by atoms with Crippen LogP contribution in [0.4, 0.5) is 0 Å². The van der Waals surface area contributed by atoms with Gasteiger partial charge in [-0.1, -0.05) is 0 Å². The molecule has 2 saturated carbocycles. The van der Waals surface area contributed by atoms with Gasteiger partial charge in [0.2, 0.25) is 0 Å². The van der Waals surface area contributed by atoms with Gasteiger partial charge in [0.25, 0.3) is 0 Å². The van der Waals surface area contributed by atoms with E-state index >= 15 is 0 Å². The minimum Gasteiger partial charge on any atom is -0.481 e. The zero-order chi connectivity index (χ0) is 9.42. The molecule has 2 aliphatic carbocycles. The number of hydrogen-bond acceptors (Lipinski definition) is 2. The van der Waals surface area contributed by atoms with Crippen molar-refractivity contribution in [1.29, 1.82) is 0 Å². The fraction of sp³-hybridized carbons (Fsp3) is 0.900. The number of carboxylic acid groups (broad SMARTS) is 1. The van der Waals surface area contributed by atoms with Crippen molar-refractivity contribution in [3.63, 3.8) is 0 Å². The molecular weight excluding hydrogens is 202 g/mol. The Hall–Kier alpha value is -0.280. The maximum Gasteiger partial charge on any atom is 0.306 e. The second-order valence-corrected chi connectivity index (χ2v) is 4.32. The summed E-state index contributed by atoms with van der Waals surface area (Å²) < 4.78 is 0. The molecule has 4 heteroatoms. The average molecular weight is 220 g/mol.